The summed E-state index contributed by atoms with van der Waals surface area (Å²) in [7, 11) is 1.20. The first-order chi connectivity index (χ1) is 23.8. The summed E-state index contributed by atoms with van der Waals surface area (Å²) in [5.74, 6) is -1.85. The third kappa shape index (κ3) is 6.64. The normalized spacial score (nSPS) is 26.4. The summed E-state index contributed by atoms with van der Waals surface area (Å²) >= 11 is 0. The molecule has 2 saturated heterocycles. The molecule has 0 amide bonds. The molecular formula is C31H36F4N8O7. The molecule has 0 saturated carbocycles. The Balaban J connectivity index is 1.38. The van der Waals surface area contributed by atoms with Crippen molar-refractivity contribution >= 4 is 22.7 Å². The molecule has 270 valence electrons. The van der Waals surface area contributed by atoms with Crippen LogP contribution >= 0.6 is 0 Å². The Hall–Kier alpha value is -4.24. The Morgan fingerprint density at radius 1 is 1.08 bits per heavy atom. The van der Waals surface area contributed by atoms with Gasteiger partial charge in [0.15, 0.2) is 34.8 Å². The Morgan fingerprint density at radius 3 is 2.58 bits per heavy atom. The lowest BCUT2D eigenvalue weighted by molar-refractivity contribution is -0.221. The Morgan fingerprint density at radius 2 is 1.86 bits per heavy atom. The number of anilines is 2. The van der Waals surface area contributed by atoms with Crippen molar-refractivity contribution in [1.82, 2.24) is 24.5 Å². The maximum atomic E-state index is 15.2. The number of aliphatic hydroxyl groups is 5. The largest absolute Gasteiger partial charge is 0.494 e. The van der Waals surface area contributed by atoms with Crippen molar-refractivity contribution in [2.75, 3.05) is 37.0 Å². The van der Waals surface area contributed by atoms with Crippen LogP contribution in [0, 0.1) is 11.6 Å². The molecule has 5 heterocycles. The molecule has 0 radical (unpaired) electrons. The fourth-order valence-electron chi connectivity index (χ4n) is 6.38. The fourth-order valence-corrected chi connectivity index (χ4v) is 6.38. The van der Waals surface area contributed by atoms with Gasteiger partial charge in [0.2, 0.25) is 0 Å². The van der Waals surface area contributed by atoms with Gasteiger partial charge >= 0.3 is 0 Å². The van der Waals surface area contributed by atoms with Gasteiger partial charge in [-0.2, -0.15) is 0 Å². The van der Waals surface area contributed by atoms with Crippen LogP contribution in [0.15, 0.2) is 37.1 Å². The number of rotatable bonds is 10. The number of aromatic nitrogens is 5. The van der Waals surface area contributed by atoms with E-state index in [4.69, 9.17) is 15.2 Å². The van der Waals surface area contributed by atoms with Crippen molar-refractivity contribution in [2.24, 2.45) is 5.73 Å². The van der Waals surface area contributed by atoms with Crippen molar-refractivity contribution in [1.29, 1.82) is 0 Å². The average Bonchev–Trinajstić information content (AvgIpc) is 3.52. The minimum Gasteiger partial charge on any atom is -0.494 e. The van der Waals surface area contributed by atoms with Gasteiger partial charge in [-0.1, -0.05) is 0 Å². The van der Waals surface area contributed by atoms with Crippen LogP contribution in [0.2, 0.25) is 0 Å². The number of halogens is 4. The SMILES string of the molecule is COc1cc(F)c(-c2cc(Cn3cnc4c(NC5OC(CO)C(O)C(O)C5O)ncnc43)c(N3CCC[C@](N)([C@H](O)C(F)F)C3)cn2)cc1F. The van der Waals surface area contributed by atoms with Crippen LogP contribution in [-0.2, 0) is 11.3 Å². The Labute approximate surface area is 281 Å². The molecule has 6 rings (SSSR count). The maximum Gasteiger partial charge on any atom is 0.265 e. The lowest BCUT2D eigenvalue weighted by Gasteiger charge is -2.44. The van der Waals surface area contributed by atoms with Gasteiger partial charge < -0.3 is 55.5 Å². The maximum absolute atomic E-state index is 15.2. The number of nitrogens with two attached hydrogens (primary N) is 1. The molecule has 8 N–H and O–H groups in total. The number of piperidine rings is 1. The minimum absolute atomic E-state index is 0.0103. The van der Waals surface area contributed by atoms with Crippen LogP contribution in [-0.4, -0.2) is 126 Å². The van der Waals surface area contributed by atoms with Gasteiger partial charge in [0.1, 0.15) is 42.7 Å². The molecule has 5 unspecified atom stereocenters. The van der Waals surface area contributed by atoms with E-state index in [1.54, 1.807) is 9.47 Å². The van der Waals surface area contributed by atoms with Gasteiger partial charge in [-0.15, -0.1) is 0 Å². The molecule has 0 bridgehead atoms. The Bertz CT molecular complexity index is 1840. The van der Waals surface area contributed by atoms with Crippen LogP contribution in [0.5, 0.6) is 5.75 Å². The summed E-state index contributed by atoms with van der Waals surface area (Å²) in [5.41, 5.74) is 5.89. The van der Waals surface area contributed by atoms with Crippen LogP contribution in [0.25, 0.3) is 22.4 Å². The summed E-state index contributed by atoms with van der Waals surface area (Å²) in [6, 6.07) is 3.35. The number of benzene rings is 1. The predicted molar refractivity (Wildman–Crippen MR) is 168 cm³/mol. The van der Waals surface area contributed by atoms with Crippen molar-refractivity contribution in [3.05, 3.63) is 54.2 Å². The number of methoxy groups -OCH3 is 1. The van der Waals surface area contributed by atoms with Gasteiger partial charge in [0.05, 0.1) is 49.7 Å². The molecule has 1 aromatic carbocycles. The zero-order chi connectivity index (χ0) is 35.9. The highest BCUT2D eigenvalue weighted by molar-refractivity contribution is 5.83. The summed E-state index contributed by atoms with van der Waals surface area (Å²) in [4.78, 5) is 19.0. The molecule has 4 aromatic rings. The van der Waals surface area contributed by atoms with Crippen molar-refractivity contribution < 1.29 is 52.6 Å². The fraction of sp³-hybridized carbons (Fsp3) is 0.484. The number of alkyl halides is 2. The monoisotopic (exact) mass is 708 g/mol. The Kier molecular flexibility index (Phi) is 10.1. The van der Waals surface area contributed by atoms with Gasteiger partial charge in [0.25, 0.3) is 6.43 Å². The lowest BCUT2D eigenvalue weighted by atomic mass is 9.84. The quantitative estimate of drug-likeness (QED) is 0.111. The van der Waals surface area contributed by atoms with E-state index < -0.39 is 67.0 Å². The molecule has 2 fully saturated rings. The highest BCUT2D eigenvalue weighted by Gasteiger charge is 2.45. The van der Waals surface area contributed by atoms with Gasteiger partial charge in [-0.3, -0.25) is 4.98 Å². The molecule has 3 aromatic heterocycles. The van der Waals surface area contributed by atoms with E-state index >= 15 is 4.39 Å². The van der Waals surface area contributed by atoms with Crippen LogP contribution in [0.4, 0.5) is 29.1 Å². The molecule has 7 atom stereocenters. The molecule has 2 aliphatic rings. The third-order valence-corrected chi connectivity index (χ3v) is 9.12. The van der Waals surface area contributed by atoms with Crippen LogP contribution in [0.1, 0.15) is 18.4 Å². The predicted octanol–water partition coefficient (Wildman–Crippen LogP) is 0.359. The highest BCUT2D eigenvalue weighted by Crippen LogP contribution is 2.35. The van der Waals surface area contributed by atoms with Crippen molar-refractivity contribution in [3.63, 3.8) is 0 Å². The first-order valence-electron chi connectivity index (χ1n) is 15.6. The second-order valence-corrected chi connectivity index (χ2v) is 12.4. The first-order valence-corrected chi connectivity index (χ1v) is 15.6. The molecule has 19 heteroatoms. The molecule has 0 aliphatic carbocycles. The summed E-state index contributed by atoms with van der Waals surface area (Å²) in [6.07, 6.45) is -7.95. The standard InChI is InChI=1S/C31H36F4N8O7/c1-49-20-7-16(32)15(6-17(20)33)18-5-14(19(8-37-18)42-4-2-3-31(36,11-42)26(48)27(34)35)9-43-13-40-22-28(38-12-39-29(22)43)41-30-25(47)24(46)23(45)21(10-44)50-30/h5-8,12-13,21,23-27,30,44-48H,2-4,9-11,36H2,1H3,(H,38,39,41)/t21?,23?,24?,25?,26-,30?,31-/m1/s1. The minimum atomic E-state index is -3.07. The molecule has 50 heavy (non-hydrogen) atoms. The van der Waals surface area contributed by atoms with Gasteiger partial charge in [0, 0.05) is 24.7 Å². The number of nitrogens with one attached hydrogen (secondary N) is 1. The summed E-state index contributed by atoms with van der Waals surface area (Å²) in [6.45, 7) is -0.431. The number of imidazole rings is 1. The zero-order valence-corrected chi connectivity index (χ0v) is 26.6. The number of aliphatic hydroxyl groups excluding tert-OH is 5. The zero-order valence-electron chi connectivity index (χ0n) is 26.6. The lowest BCUT2D eigenvalue weighted by Crippen LogP contribution is -2.63. The average molecular weight is 709 g/mol. The van der Waals surface area contributed by atoms with E-state index in [1.807, 2.05) is 0 Å². The molecule has 0 spiro atoms. The second-order valence-electron chi connectivity index (χ2n) is 12.4. The van der Waals surface area contributed by atoms with E-state index in [1.165, 1.54) is 32.0 Å². The van der Waals surface area contributed by atoms with Crippen LogP contribution < -0.4 is 20.7 Å². The number of pyridine rings is 1. The van der Waals surface area contributed by atoms with E-state index in [2.05, 4.69) is 25.3 Å². The van der Waals surface area contributed by atoms with Gasteiger partial charge in [-0.05, 0) is 30.5 Å². The highest BCUT2D eigenvalue weighted by atomic mass is 19.3. The number of hydrogen-bond acceptors (Lipinski definition) is 14. The number of nitrogens with zero attached hydrogens (tertiary/aromatic N) is 6. The number of ether oxygens (including phenoxy) is 2. The van der Waals surface area contributed by atoms with Crippen molar-refractivity contribution in [2.45, 2.75) is 68.1 Å². The molecule has 2 aliphatic heterocycles. The topological polar surface area (TPSA) is 217 Å². The van der Waals surface area contributed by atoms with Crippen molar-refractivity contribution in [3.8, 4) is 17.0 Å². The third-order valence-electron chi connectivity index (χ3n) is 9.12. The number of hydrogen-bond donors (Lipinski definition) is 7. The van der Waals surface area contributed by atoms with E-state index in [9.17, 15) is 38.7 Å². The molecule has 15 nitrogen and oxygen atoms in total. The van der Waals surface area contributed by atoms with Gasteiger partial charge in [-0.25, -0.2) is 32.5 Å². The number of fused-ring (bicyclic) bond motifs is 1. The van der Waals surface area contributed by atoms with E-state index in [-0.39, 0.29) is 53.5 Å². The van der Waals surface area contributed by atoms with Crippen LogP contribution in [0.3, 0.4) is 0 Å². The smallest absolute Gasteiger partial charge is 0.265 e. The molecular weight excluding hydrogens is 672 g/mol. The first kappa shape index (κ1) is 35.6. The van der Waals surface area contributed by atoms with E-state index in [0.717, 1.165) is 12.1 Å². The summed E-state index contributed by atoms with van der Waals surface area (Å²) in [5, 5.41) is 53.5. The second kappa shape index (κ2) is 14.2. The van der Waals surface area contributed by atoms with E-state index in [0.29, 0.717) is 24.2 Å². The summed E-state index contributed by atoms with van der Waals surface area (Å²) < 4.78 is 69.0.